The number of methoxy groups -OCH3 is 1. The molecule has 1 N–H and O–H groups in total. The summed E-state index contributed by atoms with van der Waals surface area (Å²) in [5.41, 5.74) is 0.980. The molecule has 0 aliphatic carbocycles. The van der Waals surface area contributed by atoms with Crippen molar-refractivity contribution in [3.63, 3.8) is 0 Å². The highest BCUT2D eigenvalue weighted by Gasteiger charge is 2.20. The van der Waals surface area contributed by atoms with Crippen LogP contribution in [-0.4, -0.2) is 52.1 Å². The number of carboxylic acid groups (broad SMARTS) is 1. The standard InChI is InChI=1S/C12H21N3O3/c1-5-15(9(2)8-18-4)7-11-10(12(16)17)6-13-14(11)3/h6,9H,5,7-8H2,1-4H3,(H,16,17). The van der Waals surface area contributed by atoms with Crippen LogP contribution in [-0.2, 0) is 18.3 Å². The van der Waals surface area contributed by atoms with Gasteiger partial charge in [-0.1, -0.05) is 6.92 Å². The fourth-order valence-corrected chi connectivity index (χ4v) is 1.95. The normalized spacial score (nSPS) is 12.9. The van der Waals surface area contributed by atoms with Crippen molar-refractivity contribution in [2.75, 3.05) is 20.3 Å². The lowest BCUT2D eigenvalue weighted by atomic mass is 10.2. The van der Waals surface area contributed by atoms with Crippen molar-refractivity contribution >= 4 is 5.97 Å². The maximum Gasteiger partial charge on any atom is 0.339 e. The Morgan fingerprint density at radius 1 is 1.67 bits per heavy atom. The van der Waals surface area contributed by atoms with Gasteiger partial charge >= 0.3 is 5.97 Å². The van der Waals surface area contributed by atoms with Crippen LogP contribution in [0.1, 0.15) is 29.9 Å². The van der Waals surface area contributed by atoms with Gasteiger partial charge in [0.1, 0.15) is 5.56 Å². The Balaban J connectivity index is 2.87. The number of ether oxygens (including phenoxy) is 1. The lowest BCUT2D eigenvalue weighted by Crippen LogP contribution is -2.36. The molecule has 1 aromatic rings. The Kier molecular flexibility index (Phi) is 5.30. The van der Waals surface area contributed by atoms with E-state index < -0.39 is 5.97 Å². The van der Waals surface area contributed by atoms with Gasteiger partial charge in [0.15, 0.2) is 0 Å². The van der Waals surface area contributed by atoms with E-state index in [4.69, 9.17) is 9.84 Å². The zero-order valence-electron chi connectivity index (χ0n) is 11.4. The summed E-state index contributed by atoms with van der Waals surface area (Å²) in [4.78, 5) is 13.3. The molecule has 6 nitrogen and oxygen atoms in total. The second kappa shape index (κ2) is 6.51. The molecule has 0 aromatic carbocycles. The van der Waals surface area contributed by atoms with Crippen molar-refractivity contribution in [2.24, 2.45) is 7.05 Å². The minimum Gasteiger partial charge on any atom is -0.478 e. The monoisotopic (exact) mass is 255 g/mol. The number of aryl methyl sites for hydroxylation is 1. The summed E-state index contributed by atoms with van der Waals surface area (Å²) in [7, 11) is 3.42. The molecular formula is C12H21N3O3. The number of likely N-dealkylation sites (N-methyl/N-ethyl adjacent to an activating group) is 1. The summed E-state index contributed by atoms with van der Waals surface area (Å²) < 4.78 is 6.75. The molecule has 0 spiro atoms. The van der Waals surface area contributed by atoms with Crippen molar-refractivity contribution in [3.05, 3.63) is 17.5 Å². The number of rotatable bonds is 7. The van der Waals surface area contributed by atoms with Crippen molar-refractivity contribution in [1.29, 1.82) is 0 Å². The molecule has 0 aliphatic rings. The third-order valence-electron chi connectivity index (χ3n) is 3.08. The zero-order chi connectivity index (χ0) is 13.7. The number of carboxylic acids is 1. The number of hydrogen-bond donors (Lipinski definition) is 1. The predicted molar refractivity (Wildman–Crippen MR) is 67.6 cm³/mol. The summed E-state index contributed by atoms with van der Waals surface area (Å²) in [6, 6.07) is 0.233. The minimum atomic E-state index is -0.937. The number of hydrogen-bond acceptors (Lipinski definition) is 4. The molecule has 18 heavy (non-hydrogen) atoms. The van der Waals surface area contributed by atoms with Gasteiger partial charge in [0.05, 0.1) is 18.5 Å². The number of aromatic carboxylic acids is 1. The Morgan fingerprint density at radius 3 is 2.83 bits per heavy atom. The molecule has 6 heteroatoms. The van der Waals surface area contributed by atoms with Crippen LogP contribution in [0.25, 0.3) is 0 Å². The van der Waals surface area contributed by atoms with Gasteiger partial charge in [-0.3, -0.25) is 9.58 Å². The smallest absolute Gasteiger partial charge is 0.339 e. The molecule has 1 rings (SSSR count). The zero-order valence-corrected chi connectivity index (χ0v) is 11.4. The van der Waals surface area contributed by atoms with Crippen molar-refractivity contribution in [1.82, 2.24) is 14.7 Å². The Hall–Kier alpha value is -1.40. The third-order valence-corrected chi connectivity index (χ3v) is 3.08. The van der Waals surface area contributed by atoms with Gasteiger partial charge < -0.3 is 9.84 Å². The second-order valence-corrected chi connectivity index (χ2v) is 4.30. The predicted octanol–water partition coefficient (Wildman–Crippen LogP) is 0.975. The molecule has 1 heterocycles. The van der Waals surface area contributed by atoms with Crippen LogP contribution < -0.4 is 0 Å². The summed E-state index contributed by atoms with van der Waals surface area (Å²) in [6.07, 6.45) is 1.40. The van der Waals surface area contributed by atoms with Crippen LogP contribution >= 0.6 is 0 Å². The van der Waals surface area contributed by atoms with E-state index in [9.17, 15) is 4.79 Å². The number of carbonyl (C=O) groups is 1. The Labute approximate surface area is 107 Å². The van der Waals surface area contributed by atoms with E-state index in [2.05, 4.69) is 16.9 Å². The molecule has 0 radical (unpaired) electrons. The van der Waals surface area contributed by atoms with E-state index in [1.807, 2.05) is 6.92 Å². The highest BCUT2D eigenvalue weighted by atomic mass is 16.5. The first-order chi connectivity index (χ1) is 8.51. The Morgan fingerprint density at radius 2 is 2.33 bits per heavy atom. The molecule has 0 fully saturated rings. The quantitative estimate of drug-likeness (QED) is 0.786. The van der Waals surface area contributed by atoms with Crippen molar-refractivity contribution in [2.45, 2.75) is 26.4 Å². The SMILES string of the molecule is CCN(Cc1c(C(=O)O)cnn1C)C(C)COC. The molecular weight excluding hydrogens is 234 g/mol. The van der Waals surface area contributed by atoms with Crippen LogP contribution in [0, 0.1) is 0 Å². The van der Waals surface area contributed by atoms with Gasteiger partial charge in [-0.25, -0.2) is 4.79 Å². The van der Waals surface area contributed by atoms with E-state index in [0.29, 0.717) is 18.8 Å². The first-order valence-corrected chi connectivity index (χ1v) is 5.98. The molecule has 102 valence electrons. The topological polar surface area (TPSA) is 67.6 Å². The van der Waals surface area contributed by atoms with Gasteiger partial charge in [0.25, 0.3) is 0 Å². The average molecular weight is 255 g/mol. The van der Waals surface area contributed by atoms with Crippen LogP contribution in [0.4, 0.5) is 0 Å². The van der Waals surface area contributed by atoms with Gasteiger partial charge in [0.2, 0.25) is 0 Å². The first kappa shape index (κ1) is 14.7. The molecule has 0 saturated heterocycles. The van der Waals surface area contributed by atoms with Crippen LogP contribution in [0.2, 0.25) is 0 Å². The second-order valence-electron chi connectivity index (χ2n) is 4.30. The van der Waals surface area contributed by atoms with E-state index in [1.165, 1.54) is 6.20 Å². The van der Waals surface area contributed by atoms with Crippen molar-refractivity contribution < 1.29 is 14.6 Å². The fraction of sp³-hybridized carbons (Fsp3) is 0.667. The van der Waals surface area contributed by atoms with Crippen LogP contribution in [0.3, 0.4) is 0 Å². The summed E-state index contributed by atoms with van der Waals surface area (Å²) in [5, 5.41) is 13.1. The molecule has 0 bridgehead atoms. The molecule has 0 aliphatic heterocycles. The average Bonchev–Trinajstić information content (AvgIpc) is 2.67. The van der Waals surface area contributed by atoms with Crippen LogP contribution in [0.5, 0.6) is 0 Å². The molecule has 0 amide bonds. The fourth-order valence-electron chi connectivity index (χ4n) is 1.95. The van der Waals surface area contributed by atoms with E-state index >= 15 is 0 Å². The highest BCUT2D eigenvalue weighted by Crippen LogP contribution is 2.13. The molecule has 0 saturated carbocycles. The van der Waals surface area contributed by atoms with E-state index in [0.717, 1.165) is 6.54 Å². The lowest BCUT2D eigenvalue weighted by molar-refractivity contribution is 0.0690. The Bertz CT molecular complexity index is 403. The maximum atomic E-state index is 11.1. The summed E-state index contributed by atoms with van der Waals surface area (Å²) in [5.74, 6) is -0.937. The maximum absolute atomic E-state index is 11.1. The van der Waals surface area contributed by atoms with E-state index in [-0.39, 0.29) is 11.6 Å². The van der Waals surface area contributed by atoms with Gasteiger partial charge in [0, 0.05) is 26.7 Å². The third kappa shape index (κ3) is 3.30. The molecule has 1 atom stereocenters. The molecule has 1 unspecified atom stereocenters. The van der Waals surface area contributed by atoms with Gasteiger partial charge in [-0.15, -0.1) is 0 Å². The highest BCUT2D eigenvalue weighted by molar-refractivity contribution is 5.88. The first-order valence-electron chi connectivity index (χ1n) is 5.98. The van der Waals surface area contributed by atoms with Gasteiger partial charge in [-0.2, -0.15) is 5.10 Å². The van der Waals surface area contributed by atoms with Crippen LogP contribution in [0.15, 0.2) is 6.20 Å². The number of nitrogens with zero attached hydrogens (tertiary/aromatic N) is 3. The van der Waals surface area contributed by atoms with Crippen molar-refractivity contribution in [3.8, 4) is 0 Å². The van der Waals surface area contributed by atoms with E-state index in [1.54, 1.807) is 18.8 Å². The summed E-state index contributed by atoms with van der Waals surface area (Å²) >= 11 is 0. The molecule has 1 aromatic heterocycles. The van der Waals surface area contributed by atoms with Gasteiger partial charge in [-0.05, 0) is 13.5 Å². The minimum absolute atomic E-state index is 0.233. The lowest BCUT2D eigenvalue weighted by Gasteiger charge is -2.27. The summed E-state index contributed by atoms with van der Waals surface area (Å²) in [6.45, 7) is 6.11. The largest absolute Gasteiger partial charge is 0.478 e. The number of aromatic nitrogens is 2.